The number of pyridine rings is 1. The summed E-state index contributed by atoms with van der Waals surface area (Å²) in [7, 11) is 1.88. The summed E-state index contributed by atoms with van der Waals surface area (Å²) >= 11 is 6.11. The molecular formula is C13H17ClN4. The smallest absolute Gasteiger partial charge is 0.138 e. The predicted molar refractivity (Wildman–Crippen MR) is 73.1 cm³/mol. The first-order valence-electron chi connectivity index (χ1n) is 6.09. The number of imidazole rings is 1. The zero-order valence-electron chi connectivity index (χ0n) is 10.7. The van der Waals surface area contributed by atoms with Crippen molar-refractivity contribution in [1.29, 1.82) is 0 Å². The number of nitrogens with one attached hydrogen (secondary N) is 1. The number of hydrogen-bond donors (Lipinski definition) is 1. The highest BCUT2D eigenvalue weighted by Gasteiger charge is 2.08. The van der Waals surface area contributed by atoms with Gasteiger partial charge in [0.2, 0.25) is 0 Å². The van der Waals surface area contributed by atoms with Crippen molar-refractivity contribution in [2.24, 2.45) is 0 Å². The summed E-state index contributed by atoms with van der Waals surface area (Å²) in [6.07, 6.45) is 5.75. The van der Waals surface area contributed by atoms with Gasteiger partial charge in [0.05, 0.1) is 10.7 Å². The maximum atomic E-state index is 6.11. The van der Waals surface area contributed by atoms with E-state index in [9.17, 15) is 0 Å². The second kappa shape index (κ2) is 5.98. The van der Waals surface area contributed by atoms with Gasteiger partial charge in [0, 0.05) is 25.4 Å². The van der Waals surface area contributed by atoms with E-state index in [-0.39, 0.29) is 0 Å². The average Bonchev–Trinajstić information content (AvgIpc) is 2.81. The van der Waals surface area contributed by atoms with Gasteiger partial charge in [-0.1, -0.05) is 18.5 Å². The molecule has 2 aromatic rings. The van der Waals surface area contributed by atoms with E-state index in [1.54, 1.807) is 6.20 Å². The van der Waals surface area contributed by atoms with Crippen LogP contribution in [0, 0.1) is 0 Å². The van der Waals surface area contributed by atoms with Crippen molar-refractivity contribution < 1.29 is 0 Å². The quantitative estimate of drug-likeness (QED) is 0.903. The van der Waals surface area contributed by atoms with Gasteiger partial charge in [-0.25, -0.2) is 9.97 Å². The molecule has 2 heterocycles. The average molecular weight is 265 g/mol. The number of halogens is 1. The summed E-state index contributed by atoms with van der Waals surface area (Å²) in [5.41, 5.74) is 0.854. The number of hydrogen-bond acceptors (Lipinski definition) is 3. The molecule has 0 saturated carbocycles. The minimum Gasteiger partial charge on any atom is -0.314 e. The summed E-state index contributed by atoms with van der Waals surface area (Å²) in [6, 6.07) is 3.80. The Balaban J connectivity index is 2.38. The normalized spacial score (nSPS) is 10.8. The van der Waals surface area contributed by atoms with Crippen LogP contribution in [-0.4, -0.2) is 21.6 Å². The summed E-state index contributed by atoms with van der Waals surface area (Å²) in [4.78, 5) is 8.93. The molecule has 4 nitrogen and oxygen atoms in total. The Morgan fingerprint density at radius 1 is 1.39 bits per heavy atom. The molecular weight excluding hydrogens is 248 g/mol. The molecule has 0 unspecified atom stereocenters. The largest absolute Gasteiger partial charge is 0.314 e. The van der Waals surface area contributed by atoms with Crippen LogP contribution in [-0.2, 0) is 13.0 Å². The third-order valence-corrected chi connectivity index (χ3v) is 3.03. The topological polar surface area (TPSA) is 42.7 Å². The van der Waals surface area contributed by atoms with Crippen molar-refractivity contribution in [1.82, 2.24) is 19.9 Å². The molecule has 5 heteroatoms. The van der Waals surface area contributed by atoms with Gasteiger partial charge in [0.25, 0.3) is 0 Å². The molecule has 0 aliphatic heterocycles. The van der Waals surface area contributed by atoms with E-state index in [2.05, 4.69) is 22.2 Å². The van der Waals surface area contributed by atoms with Gasteiger partial charge in [-0.2, -0.15) is 0 Å². The Morgan fingerprint density at radius 2 is 2.22 bits per heavy atom. The van der Waals surface area contributed by atoms with Crippen LogP contribution in [0.15, 0.2) is 24.5 Å². The molecule has 2 rings (SSSR count). The Kier molecular flexibility index (Phi) is 4.33. The minimum atomic E-state index is 0.657. The van der Waals surface area contributed by atoms with E-state index in [1.807, 2.05) is 29.9 Å². The molecule has 2 aromatic heterocycles. The number of rotatable bonds is 5. The van der Waals surface area contributed by atoms with Crippen LogP contribution >= 0.6 is 11.6 Å². The first-order valence-corrected chi connectivity index (χ1v) is 6.46. The second-order valence-electron chi connectivity index (χ2n) is 4.09. The monoisotopic (exact) mass is 264 g/mol. The molecule has 0 aliphatic carbocycles. The Hall–Kier alpha value is -1.39. The van der Waals surface area contributed by atoms with Gasteiger partial charge < -0.3 is 5.32 Å². The van der Waals surface area contributed by atoms with E-state index in [4.69, 9.17) is 11.6 Å². The van der Waals surface area contributed by atoms with Gasteiger partial charge in [0.1, 0.15) is 11.6 Å². The van der Waals surface area contributed by atoms with Gasteiger partial charge >= 0.3 is 0 Å². The Bertz CT molecular complexity index is 521. The highest BCUT2D eigenvalue weighted by atomic mass is 35.5. The molecule has 0 amide bonds. The third-order valence-electron chi connectivity index (χ3n) is 2.69. The molecule has 0 bridgehead atoms. The van der Waals surface area contributed by atoms with Gasteiger partial charge in [-0.3, -0.25) is 4.57 Å². The van der Waals surface area contributed by atoms with Gasteiger partial charge in [-0.05, 0) is 25.6 Å². The fourth-order valence-electron chi connectivity index (χ4n) is 1.85. The van der Waals surface area contributed by atoms with Crippen molar-refractivity contribution >= 4 is 11.6 Å². The molecule has 1 N–H and O–H groups in total. The molecule has 96 valence electrons. The van der Waals surface area contributed by atoms with Crippen LogP contribution in [0.1, 0.15) is 24.9 Å². The molecule has 0 atom stereocenters. The van der Waals surface area contributed by atoms with Crippen molar-refractivity contribution in [2.75, 3.05) is 7.05 Å². The first-order chi connectivity index (χ1) is 8.76. The van der Waals surface area contributed by atoms with Crippen LogP contribution in [0.25, 0.3) is 5.82 Å². The van der Waals surface area contributed by atoms with Crippen LogP contribution in [0.5, 0.6) is 0 Å². The maximum Gasteiger partial charge on any atom is 0.138 e. The second-order valence-corrected chi connectivity index (χ2v) is 4.50. The fraction of sp³-hybridized carbons (Fsp3) is 0.385. The lowest BCUT2D eigenvalue weighted by Crippen LogP contribution is -2.10. The highest BCUT2D eigenvalue weighted by molar-refractivity contribution is 6.31. The molecule has 0 aromatic carbocycles. The van der Waals surface area contributed by atoms with E-state index in [1.165, 1.54) is 0 Å². The van der Waals surface area contributed by atoms with Crippen molar-refractivity contribution in [3.05, 3.63) is 41.1 Å². The maximum absolute atomic E-state index is 6.11. The fourth-order valence-corrected chi connectivity index (χ4v) is 2.02. The van der Waals surface area contributed by atoms with Crippen LogP contribution in [0.4, 0.5) is 0 Å². The highest BCUT2D eigenvalue weighted by Crippen LogP contribution is 2.17. The standard InChI is InChI=1S/C13H17ClN4/c1-3-4-12-16-7-8-18(12)13-6-5-10(14)11(17-13)9-15-2/h5-8,15H,3-4,9H2,1-2H3. The molecule has 0 spiro atoms. The van der Waals surface area contributed by atoms with Crippen molar-refractivity contribution in [2.45, 2.75) is 26.3 Å². The third kappa shape index (κ3) is 2.71. The van der Waals surface area contributed by atoms with Crippen LogP contribution < -0.4 is 5.32 Å². The molecule has 0 radical (unpaired) electrons. The molecule has 0 saturated heterocycles. The van der Waals surface area contributed by atoms with Gasteiger partial charge in [0.15, 0.2) is 0 Å². The molecule has 0 aliphatic rings. The van der Waals surface area contributed by atoms with E-state index in [0.717, 1.165) is 30.2 Å². The lowest BCUT2D eigenvalue weighted by molar-refractivity contribution is 0.766. The molecule has 18 heavy (non-hydrogen) atoms. The lowest BCUT2D eigenvalue weighted by Gasteiger charge is -2.09. The van der Waals surface area contributed by atoms with Crippen LogP contribution in [0.3, 0.4) is 0 Å². The van der Waals surface area contributed by atoms with Gasteiger partial charge in [-0.15, -0.1) is 0 Å². The van der Waals surface area contributed by atoms with E-state index in [0.29, 0.717) is 11.6 Å². The predicted octanol–water partition coefficient (Wildman–Crippen LogP) is 2.59. The van der Waals surface area contributed by atoms with Crippen molar-refractivity contribution in [3.8, 4) is 5.82 Å². The lowest BCUT2D eigenvalue weighted by atomic mass is 10.3. The number of aryl methyl sites for hydroxylation is 1. The van der Waals surface area contributed by atoms with Crippen LogP contribution in [0.2, 0.25) is 5.02 Å². The van der Waals surface area contributed by atoms with E-state index >= 15 is 0 Å². The number of nitrogens with zero attached hydrogens (tertiary/aromatic N) is 3. The summed E-state index contributed by atoms with van der Waals surface area (Å²) in [5, 5.41) is 3.75. The Labute approximate surface area is 112 Å². The number of aromatic nitrogens is 3. The van der Waals surface area contributed by atoms with E-state index < -0.39 is 0 Å². The minimum absolute atomic E-state index is 0.657. The zero-order chi connectivity index (χ0) is 13.0. The van der Waals surface area contributed by atoms with Crippen molar-refractivity contribution in [3.63, 3.8) is 0 Å². The Morgan fingerprint density at radius 3 is 2.94 bits per heavy atom. The zero-order valence-corrected chi connectivity index (χ0v) is 11.4. The molecule has 0 fully saturated rings. The first kappa shape index (κ1) is 13.1. The summed E-state index contributed by atoms with van der Waals surface area (Å²) in [5.74, 6) is 1.90. The summed E-state index contributed by atoms with van der Waals surface area (Å²) in [6.45, 7) is 2.80. The summed E-state index contributed by atoms with van der Waals surface area (Å²) < 4.78 is 2.01. The SMILES string of the molecule is CCCc1nccn1-c1ccc(Cl)c(CNC)n1.